The number of nitrogens with one attached hydrogen (secondary N) is 1. The first-order valence-electron chi connectivity index (χ1n) is 11.4. The number of aryl methyl sites for hydroxylation is 2. The van der Waals surface area contributed by atoms with Crippen LogP contribution in [0.4, 0.5) is 0 Å². The summed E-state index contributed by atoms with van der Waals surface area (Å²) in [6.07, 6.45) is 2.15. The minimum atomic E-state index is -0.126. The number of aromatic nitrogens is 3. The Morgan fingerprint density at radius 1 is 1.19 bits per heavy atom. The van der Waals surface area contributed by atoms with Crippen LogP contribution in [0, 0.1) is 19.8 Å². The summed E-state index contributed by atoms with van der Waals surface area (Å²) < 4.78 is 7.51. The summed E-state index contributed by atoms with van der Waals surface area (Å²) in [6, 6.07) is 3.92. The molecule has 6 rings (SSSR count). The van der Waals surface area contributed by atoms with Gasteiger partial charge in [0.25, 0.3) is 11.5 Å². The summed E-state index contributed by atoms with van der Waals surface area (Å²) >= 11 is 0. The minimum absolute atomic E-state index is 0.115. The summed E-state index contributed by atoms with van der Waals surface area (Å²) in [5.41, 5.74) is 4.76. The van der Waals surface area contributed by atoms with Crippen LogP contribution in [0.15, 0.2) is 16.9 Å². The van der Waals surface area contributed by atoms with E-state index in [4.69, 9.17) is 4.74 Å². The topological polar surface area (TPSA) is 83.5 Å². The van der Waals surface area contributed by atoms with Crippen molar-refractivity contribution in [2.45, 2.75) is 57.8 Å². The molecule has 0 unspecified atom stereocenters. The SMILES string of the molecule is Cc1n[nH]c(C)c1CN1C[C@@H]2C[C@H](C1)c1ccc(C(=O)N3C[C@H]4C[C@@H]3CO4)c(=O)n1C2. The fourth-order valence-electron chi connectivity index (χ4n) is 6.17. The molecule has 8 heteroatoms. The zero-order valence-electron chi connectivity index (χ0n) is 18.1. The van der Waals surface area contributed by atoms with Crippen molar-refractivity contribution in [1.82, 2.24) is 24.6 Å². The summed E-state index contributed by atoms with van der Waals surface area (Å²) in [5.74, 6) is 0.630. The van der Waals surface area contributed by atoms with Crippen LogP contribution in [0.5, 0.6) is 0 Å². The number of carbonyl (C=O) groups excluding carboxylic acids is 1. The Balaban J connectivity index is 1.25. The van der Waals surface area contributed by atoms with Crippen LogP contribution >= 0.6 is 0 Å². The molecule has 4 aliphatic heterocycles. The number of rotatable bonds is 3. The van der Waals surface area contributed by atoms with Gasteiger partial charge < -0.3 is 14.2 Å². The van der Waals surface area contributed by atoms with Crippen LogP contribution in [0.25, 0.3) is 0 Å². The number of nitrogens with zero attached hydrogens (tertiary/aromatic N) is 4. The van der Waals surface area contributed by atoms with Gasteiger partial charge in [-0.1, -0.05) is 0 Å². The lowest BCUT2D eigenvalue weighted by Gasteiger charge is -2.43. The van der Waals surface area contributed by atoms with Gasteiger partial charge in [0, 0.05) is 55.6 Å². The van der Waals surface area contributed by atoms with Crippen LogP contribution in [0.3, 0.4) is 0 Å². The molecule has 2 aromatic rings. The maximum Gasteiger partial charge on any atom is 0.263 e. The molecule has 1 amide bonds. The normalized spacial score (nSPS) is 29.4. The summed E-state index contributed by atoms with van der Waals surface area (Å²) in [4.78, 5) is 30.8. The van der Waals surface area contributed by atoms with Gasteiger partial charge in [0.05, 0.1) is 24.4 Å². The van der Waals surface area contributed by atoms with E-state index in [1.807, 2.05) is 15.5 Å². The van der Waals surface area contributed by atoms with Crippen LogP contribution in [0.1, 0.15) is 51.8 Å². The monoisotopic (exact) mass is 423 g/mol. The second-order valence-corrected chi connectivity index (χ2v) is 9.80. The van der Waals surface area contributed by atoms with E-state index in [0.29, 0.717) is 37.1 Å². The van der Waals surface area contributed by atoms with Gasteiger partial charge >= 0.3 is 0 Å². The number of aromatic amines is 1. The fraction of sp³-hybridized carbons (Fsp3) is 0.609. The average molecular weight is 424 g/mol. The van der Waals surface area contributed by atoms with E-state index in [1.54, 1.807) is 6.07 Å². The van der Waals surface area contributed by atoms with Gasteiger partial charge in [0.15, 0.2) is 0 Å². The summed E-state index contributed by atoms with van der Waals surface area (Å²) in [7, 11) is 0. The third-order valence-corrected chi connectivity index (χ3v) is 7.73. The highest BCUT2D eigenvalue weighted by Crippen LogP contribution is 2.36. The van der Waals surface area contributed by atoms with E-state index in [-0.39, 0.29) is 23.6 Å². The number of H-pyrrole nitrogens is 1. The smallest absolute Gasteiger partial charge is 0.263 e. The number of morpholine rings is 1. The van der Waals surface area contributed by atoms with Crippen LogP contribution < -0.4 is 5.56 Å². The molecular formula is C23H29N5O3. The van der Waals surface area contributed by atoms with Gasteiger partial charge in [-0.25, -0.2) is 0 Å². The van der Waals surface area contributed by atoms with Gasteiger partial charge in [-0.3, -0.25) is 19.6 Å². The van der Waals surface area contributed by atoms with Crippen LogP contribution in [0.2, 0.25) is 0 Å². The van der Waals surface area contributed by atoms with Crippen molar-refractivity contribution in [3.05, 3.63) is 50.7 Å². The third kappa shape index (κ3) is 3.07. The summed E-state index contributed by atoms with van der Waals surface area (Å²) in [5, 5.41) is 7.42. The highest BCUT2D eigenvalue weighted by molar-refractivity contribution is 5.94. The van der Waals surface area contributed by atoms with Crippen molar-refractivity contribution in [2.75, 3.05) is 26.2 Å². The van der Waals surface area contributed by atoms with Gasteiger partial charge in [-0.15, -0.1) is 0 Å². The largest absolute Gasteiger partial charge is 0.374 e. The lowest BCUT2D eigenvalue weighted by Crippen LogP contribution is -2.48. The number of pyridine rings is 1. The maximum atomic E-state index is 13.3. The standard InChI is InChI=1S/C23H29N5O3/c1-13-20(14(2)25-24-13)11-26-7-15-5-16(9-26)21-4-3-19(23(30)28(21)8-15)22(29)27-10-18-6-17(27)12-31-18/h3-4,15-18H,5-12H2,1-2H3,(H,24,25)/t15-,16+,17+,18+/m0/s1. The van der Waals surface area contributed by atoms with Crippen LogP contribution in [-0.2, 0) is 17.8 Å². The minimum Gasteiger partial charge on any atom is -0.374 e. The summed E-state index contributed by atoms with van der Waals surface area (Å²) in [6.45, 7) is 8.82. The number of piperidine rings is 1. The van der Waals surface area contributed by atoms with Crippen molar-refractivity contribution in [3.8, 4) is 0 Å². The van der Waals surface area contributed by atoms with E-state index in [0.717, 1.165) is 49.6 Å². The molecule has 0 saturated carbocycles. The molecule has 0 radical (unpaired) electrons. The molecule has 31 heavy (non-hydrogen) atoms. The first-order valence-corrected chi connectivity index (χ1v) is 11.4. The van der Waals surface area contributed by atoms with E-state index >= 15 is 0 Å². The van der Waals surface area contributed by atoms with Crippen molar-refractivity contribution in [3.63, 3.8) is 0 Å². The molecule has 1 N–H and O–H groups in total. The van der Waals surface area contributed by atoms with Gasteiger partial charge in [-0.05, 0) is 44.7 Å². The second kappa shape index (κ2) is 7.03. The average Bonchev–Trinajstić information content (AvgIpc) is 3.47. The molecular weight excluding hydrogens is 394 g/mol. The molecule has 3 saturated heterocycles. The van der Waals surface area contributed by atoms with Crippen molar-refractivity contribution in [2.24, 2.45) is 5.92 Å². The van der Waals surface area contributed by atoms with E-state index < -0.39 is 0 Å². The molecule has 2 aromatic heterocycles. The lowest BCUT2D eigenvalue weighted by molar-refractivity contribution is 0.0257. The molecule has 0 spiro atoms. The number of hydrogen-bond acceptors (Lipinski definition) is 5. The van der Waals surface area contributed by atoms with Crippen molar-refractivity contribution in [1.29, 1.82) is 0 Å². The Morgan fingerprint density at radius 2 is 2.06 bits per heavy atom. The molecule has 3 fully saturated rings. The van der Waals surface area contributed by atoms with E-state index in [1.165, 1.54) is 5.56 Å². The number of amides is 1. The van der Waals surface area contributed by atoms with E-state index in [2.05, 4.69) is 28.9 Å². The number of ether oxygens (including phenoxy) is 1. The molecule has 164 valence electrons. The zero-order valence-corrected chi connectivity index (χ0v) is 18.1. The third-order valence-electron chi connectivity index (χ3n) is 7.73. The van der Waals surface area contributed by atoms with Gasteiger partial charge in [-0.2, -0.15) is 5.10 Å². The quantitative estimate of drug-likeness (QED) is 0.807. The second-order valence-electron chi connectivity index (χ2n) is 9.80. The van der Waals surface area contributed by atoms with Gasteiger partial charge in [0.1, 0.15) is 5.56 Å². The molecule has 0 aliphatic carbocycles. The van der Waals surface area contributed by atoms with Crippen LogP contribution in [-0.4, -0.2) is 68.9 Å². The molecule has 4 aliphatic rings. The highest BCUT2D eigenvalue weighted by Gasteiger charge is 2.43. The fourth-order valence-corrected chi connectivity index (χ4v) is 6.17. The Bertz CT molecular complexity index is 1090. The Morgan fingerprint density at radius 3 is 2.77 bits per heavy atom. The predicted molar refractivity (Wildman–Crippen MR) is 114 cm³/mol. The first-order chi connectivity index (χ1) is 15.0. The van der Waals surface area contributed by atoms with Crippen molar-refractivity contribution < 1.29 is 9.53 Å². The molecule has 4 atom stereocenters. The van der Waals surface area contributed by atoms with Crippen molar-refractivity contribution >= 4 is 5.91 Å². The maximum absolute atomic E-state index is 13.3. The number of hydrogen-bond donors (Lipinski definition) is 1. The Labute approximate surface area is 181 Å². The predicted octanol–water partition coefficient (Wildman–Crippen LogP) is 1.42. The lowest BCUT2D eigenvalue weighted by atomic mass is 9.82. The number of likely N-dealkylation sites (tertiary alicyclic amines) is 2. The van der Waals surface area contributed by atoms with E-state index in [9.17, 15) is 9.59 Å². The molecule has 4 bridgehead atoms. The first kappa shape index (κ1) is 19.3. The number of carbonyl (C=O) groups is 1. The molecule has 8 nitrogen and oxygen atoms in total. The zero-order chi connectivity index (χ0) is 21.3. The Hall–Kier alpha value is -2.45. The number of fused-ring (bicyclic) bond motifs is 6. The van der Waals surface area contributed by atoms with Gasteiger partial charge in [0.2, 0.25) is 0 Å². The highest BCUT2D eigenvalue weighted by atomic mass is 16.5. The Kier molecular flexibility index (Phi) is 4.37. The molecule has 0 aromatic carbocycles. The molecule has 6 heterocycles.